The van der Waals surface area contributed by atoms with Crippen molar-refractivity contribution in [2.24, 2.45) is 0 Å². The van der Waals surface area contributed by atoms with E-state index in [4.69, 9.17) is 4.74 Å². The maximum atomic E-state index is 5.37. The Balaban J connectivity index is 2.18. The van der Waals surface area contributed by atoms with Gasteiger partial charge >= 0.3 is 0 Å². The Kier molecular flexibility index (Phi) is 2.79. The molecule has 2 aromatic carbocycles. The van der Waals surface area contributed by atoms with Crippen molar-refractivity contribution >= 4 is 10.9 Å². The Bertz CT molecular complexity index is 707. The molecule has 1 heterocycles. The summed E-state index contributed by atoms with van der Waals surface area (Å²) in [6.07, 6.45) is 0. The monoisotopic (exact) mass is 251 g/mol. The van der Waals surface area contributed by atoms with Crippen molar-refractivity contribution in [3.63, 3.8) is 0 Å². The summed E-state index contributed by atoms with van der Waals surface area (Å²) in [6, 6.07) is 14.8. The number of nitrogens with one attached hydrogen (secondary N) is 1. The van der Waals surface area contributed by atoms with Crippen LogP contribution in [0.3, 0.4) is 0 Å². The molecule has 0 amide bonds. The first kappa shape index (κ1) is 11.8. The number of fused-ring (bicyclic) bond motifs is 1. The molecule has 0 unspecified atom stereocenters. The van der Waals surface area contributed by atoms with Crippen LogP contribution >= 0.6 is 0 Å². The molecule has 0 saturated heterocycles. The van der Waals surface area contributed by atoms with Gasteiger partial charge in [0.25, 0.3) is 0 Å². The highest BCUT2D eigenvalue weighted by atomic mass is 16.5. The third kappa shape index (κ3) is 1.99. The predicted octanol–water partition coefficient (Wildman–Crippen LogP) is 4.46. The molecule has 3 rings (SSSR count). The molecule has 0 spiro atoms. The molecule has 2 heteroatoms. The van der Waals surface area contributed by atoms with Crippen LogP contribution in [0.2, 0.25) is 0 Å². The van der Waals surface area contributed by atoms with Crippen molar-refractivity contribution in [2.45, 2.75) is 13.8 Å². The van der Waals surface area contributed by atoms with E-state index in [2.05, 4.69) is 61.3 Å². The lowest BCUT2D eigenvalue weighted by atomic mass is 10.0. The fourth-order valence-electron chi connectivity index (χ4n) is 2.52. The fourth-order valence-corrected chi connectivity index (χ4v) is 2.52. The zero-order valence-electron chi connectivity index (χ0n) is 11.4. The van der Waals surface area contributed by atoms with E-state index >= 15 is 0 Å². The molecule has 2 nitrogen and oxygen atoms in total. The lowest BCUT2D eigenvalue weighted by Crippen LogP contribution is -1.91. The highest BCUT2D eigenvalue weighted by molar-refractivity contribution is 5.86. The van der Waals surface area contributed by atoms with Crippen LogP contribution in [0.5, 0.6) is 5.75 Å². The number of benzene rings is 2. The number of hydrogen-bond donors (Lipinski definition) is 1. The van der Waals surface area contributed by atoms with Gasteiger partial charge in [-0.2, -0.15) is 0 Å². The molecule has 1 aromatic heterocycles. The molecule has 3 aromatic rings. The molecule has 0 radical (unpaired) electrons. The molecular formula is C17H17NO. The van der Waals surface area contributed by atoms with Gasteiger partial charge in [0, 0.05) is 22.2 Å². The van der Waals surface area contributed by atoms with Crippen LogP contribution in [0, 0.1) is 13.8 Å². The van der Waals surface area contributed by atoms with Crippen molar-refractivity contribution in [3.8, 4) is 17.0 Å². The van der Waals surface area contributed by atoms with Gasteiger partial charge in [0.1, 0.15) is 5.75 Å². The second-order valence-electron chi connectivity index (χ2n) is 4.91. The molecule has 0 aliphatic heterocycles. The summed E-state index contributed by atoms with van der Waals surface area (Å²) < 4.78 is 5.37. The maximum absolute atomic E-state index is 5.37. The second-order valence-corrected chi connectivity index (χ2v) is 4.91. The van der Waals surface area contributed by atoms with Crippen LogP contribution in [-0.4, -0.2) is 12.1 Å². The standard InChI is InChI=1S/C17H17NO/c1-11-9-17(19-3)12(2)8-14(11)16-10-13-6-4-5-7-15(13)18-16/h4-10,18H,1-3H3. The van der Waals surface area contributed by atoms with Crippen molar-refractivity contribution < 1.29 is 4.74 Å². The minimum atomic E-state index is 0.942. The maximum Gasteiger partial charge on any atom is 0.122 e. The van der Waals surface area contributed by atoms with Gasteiger partial charge in [-0.3, -0.25) is 0 Å². The van der Waals surface area contributed by atoms with Gasteiger partial charge < -0.3 is 9.72 Å². The minimum absolute atomic E-state index is 0.942. The number of ether oxygens (including phenoxy) is 1. The smallest absolute Gasteiger partial charge is 0.122 e. The largest absolute Gasteiger partial charge is 0.496 e. The highest BCUT2D eigenvalue weighted by Gasteiger charge is 2.09. The SMILES string of the molecule is COc1cc(C)c(-c2cc3ccccc3[nH]2)cc1C. The van der Waals surface area contributed by atoms with Crippen LogP contribution in [-0.2, 0) is 0 Å². The molecule has 0 atom stereocenters. The Morgan fingerprint density at radius 1 is 0.947 bits per heavy atom. The van der Waals surface area contributed by atoms with E-state index in [1.54, 1.807) is 7.11 Å². The number of hydrogen-bond acceptors (Lipinski definition) is 1. The summed E-state index contributed by atoms with van der Waals surface area (Å²) in [7, 11) is 1.71. The number of aromatic nitrogens is 1. The van der Waals surface area contributed by atoms with Gasteiger partial charge in [-0.25, -0.2) is 0 Å². The average Bonchev–Trinajstić information content (AvgIpc) is 2.84. The summed E-state index contributed by atoms with van der Waals surface area (Å²) in [5.41, 5.74) is 5.93. The van der Waals surface area contributed by atoms with Gasteiger partial charge in [-0.1, -0.05) is 18.2 Å². The molecular weight excluding hydrogens is 234 g/mol. The molecule has 19 heavy (non-hydrogen) atoms. The van der Waals surface area contributed by atoms with Gasteiger partial charge in [0.15, 0.2) is 0 Å². The summed E-state index contributed by atoms with van der Waals surface area (Å²) in [6.45, 7) is 4.19. The number of rotatable bonds is 2. The molecule has 96 valence electrons. The number of methoxy groups -OCH3 is 1. The normalized spacial score (nSPS) is 10.9. The zero-order chi connectivity index (χ0) is 13.4. The van der Waals surface area contributed by atoms with Crippen LogP contribution in [0.25, 0.3) is 22.2 Å². The van der Waals surface area contributed by atoms with E-state index < -0.39 is 0 Å². The van der Waals surface area contributed by atoms with Crippen molar-refractivity contribution in [1.29, 1.82) is 0 Å². The van der Waals surface area contributed by atoms with Crippen molar-refractivity contribution in [2.75, 3.05) is 7.11 Å². The first-order chi connectivity index (χ1) is 9.19. The van der Waals surface area contributed by atoms with E-state index in [1.165, 1.54) is 22.0 Å². The predicted molar refractivity (Wildman–Crippen MR) is 79.8 cm³/mol. The van der Waals surface area contributed by atoms with Gasteiger partial charge in [0.2, 0.25) is 0 Å². The number of H-pyrrole nitrogens is 1. The Labute approximate surface area is 113 Å². The quantitative estimate of drug-likeness (QED) is 0.714. The van der Waals surface area contributed by atoms with Crippen LogP contribution in [0.4, 0.5) is 0 Å². The van der Waals surface area contributed by atoms with Crippen LogP contribution < -0.4 is 4.74 Å². The Hall–Kier alpha value is -2.22. The lowest BCUT2D eigenvalue weighted by molar-refractivity contribution is 0.411. The molecule has 0 aliphatic carbocycles. The lowest BCUT2D eigenvalue weighted by Gasteiger charge is -2.10. The fraction of sp³-hybridized carbons (Fsp3) is 0.176. The first-order valence-electron chi connectivity index (χ1n) is 6.42. The van der Waals surface area contributed by atoms with Gasteiger partial charge in [-0.15, -0.1) is 0 Å². The van der Waals surface area contributed by atoms with E-state index in [0.29, 0.717) is 0 Å². The molecule has 0 aliphatic rings. The Morgan fingerprint density at radius 3 is 2.47 bits per heavy atom. The van der Waals surface area contributed by atoms with Crippen molar-refractivity contribution in [1.82, 2.24) is 4.98 Å². The number of aromatic amines is 1. The first-order valence-corrected chi connectivity index (χ1v) is 6.42. The molecule has 1 N–H and O–H groups in total. The number of aryl methyl sites for hydroxylation is 2. The van der Waals surface area contributed by atoms with Crippen molar-refractivity contribution in [3.05, 3.63) is 53.6 Å². The van der Waals surface area contributed by atoms with Crippen LogP contribution in [0.1, 0.15) is 11.1 Å². The van der Waals surface area contributed by atoms with E-state index in [9.17, 15) is 0 Å². The molecule has 0 fully saturated rings. The van der Waals surface area contributed by atoms with Crippen LogP contribution in [0.15, 0.2) is 42.5 Å². The number of para-hydroxylation sites is 1. The summed E-state index contributed by atoms with van der Waals surface area (Å²) in [4.78, 5) is 3.48. The second kappa shape index (κ2) is 4.47. The highest BCUT2D eigenvalue weighted by Crippen LogP contribution is 2.31. The Morgan fingerprint density at radius 2 is 1.74 bits per heavy atom. The topological polar surface area (TPSA) is 25.0 Å². The van der Waals surface area contributed by atoms with Gasteiger partial charge in [0.05, 0.1) is 7.11 Å². The summed E-state index contributed by atoms with van der Waals surface area (Å²) in [5, 5.41) is 1.24. The molecule has 0 bridgehead atoms. The zero-order valence-corrected chi connectivity index (χ0v) is 11.4. The van der Waals surface area contributed by atoms with E-state index in [1.807, 2.05) is 0 Å². The third-order valence-electron chi connectivity index (χ3n) is 3.56. The average molecular weight is 251 g/mol. The van der Waals surface area contributed by atoms with Gasteiger partial charge in [-0.05, 0) is 49.2 Å². The minimum Gasteiger partial charge on any atom is -0.496 e. The third-order valence-corrected chi connectivity index (χ3v) is 3.56. The van der Waals surface area contributed by atoms with E-state index in [0.717, 1.165) is 17.0 Å². The summed E-state index contributed by atoms with van der Waals surface area (Å²) in [5.74, 6) is 0.942. The molecule has 0 saturated carbocycles. The van der Waals surface area contributed by atoms with E-state index in [-0.39, 0.29) is 0 Å². The summed E-state index contributed by atoms with van der Waals surface area (Å²) >= 11 is 0.